The molecule has 0 amide bonds. The van der Waals surface area contributed by atoms with Crippen LogP contribution in [0, 0.1) is 0 Å². The highest BCUT2D eigenvalue weighted by Gasteiger charge is 2.42. The molecule has 2 heteroatoms. The summed E-state index contributed by atoms with van der Waals surface area (Å²) in [6.45, 7) is 6.65. The molecule has 2 aromatic carbocycles. The van der Waals surface area contributed by atoms with Crippen molar-refractivity contribution in [2.45, 2.75) is 25.9 Å². The Bertz CT molecular complexity index is 558. The Morgan fingerprint density at radius 3 is 1.67 bits per heavy atom. The lowest BCUT2D eigenvalue weighted by Gasteiger charge is -2.42. The van der Waals surface area contributed by atoms with Gasteiger partial charge in [0.15, 0.2) is 6.34 Å². The molecule has 0 radical (unpaired) electrons. The number of nitrogens with zero attached hydrogens (tertiary/aromatic N) is 2. The molecule has 0 fully saturated rings. The number of benzene rings is 2. The molecule has 0 N–H and O–H groups in total. The van der Waals surface area contributed by atoms with Crippen molar-refractivity contribution < 1.29 is 4.48 Å². The van der Waals surface area contributed by atoms with Crippen LogP contribution in [0.1, 0.15) is 37.1 Å². The van der Waals surface area contributed by atoms with E-state index in [4.69, 9.17) is 0 Å². The van der Waals surface area contributed by atoms with Gasteiger partial charge in [-0.3, -0.25) is 4.48 Å². The monoisotopic (exact) mass is 279 g/mol. The van der Waals surface area contributed by atoms with E-state index in [0.29, 0.717) is 12.1 Å². The summed E-state index contributed by atoms with van der Waals surface area (Å²) >= 11 is 0. The van der Waals surface area contributed by atoms with Crippen LogP contribution in [0.15, 0.2) is 65.7 Å². The van der Waals surface area contributed by atoms with Gasteiger partial charge in [0, 0.05) is 11.1 Å². The maximum Gasteiger partial charge on any atom is 0.186 e. The Labute approximate surface area is 127 Å². The summed E-state index contributed by atoms with van der Waals surface area (Å²) in [6.07, 6.45) is 2.18. The van der Waals surface area contributed by atoms with Crippen LogP contribution in [0.2, 0.25) is 0 Å². The second-order valence-electron chi connectivity index (χ2n) is 5.91. The molecule has 21 heavy (non-hydrogen) atoms. The zero-order valence-corrected chi connectivity index (χ0v) is 12.8. The lowest BCUT2D eigenvalue weighted by Crippen LogP contribution is -2.49. The van der Waals surface area contributed by atoms with Crippen LogP contribution in [-0.4, -0.2) is 23.9 Å². The van der Waals surface area contributed by atoms with E-state index < -0.39 is 0 Å². The van der Waals surface area contributed by atoms with Crippen LogP contribution in [-0.2, 0) is 0 Å². The molecule has 2 atom stereocenters. The maximum atomic E-state index is 4.58. The van der Waals surface area contributed by atoms with E-state index in [0.717, 1.165) is 17.6 Å². The first kappa shape index (κ1) is 14.0. The minimum atomic E-state index is 0.410. The molecular weight excluding hydrogens is 256 g/mol. The fourth-order valence-electron chi connectivity index (χ4n) is 3.44. The summed E-state index contributed by atoms with van der Waals surface area (Å²) in [5, 5.41) is 0. The molecule has 3 rings (SSSR count). The largest absolute Gasteiger partial charge is 0.268 e. The van der Waals surface area contributed by atoms with Crippen molar-refractivity contribution in [3.63, 3.8) is 0 Å². The highest BCUT2D eigenvalue weighted by molar-refractivity contribution is 5.50. The van der Waals surface area contributed by atoms with Gasteiger partial charge in [-0.25, -0.2) is 4.99 Å². The van der Waals surface area contributed by atoms with Gasteiger partial charge in [-0.05, 0) is 13.8 Å². The predicted molar refractivity (Wildman–Crippen MR) is 88.2 cm³/mol. The summed E-state index contributed by atoms with van der Waals surface area (Å²) in [7, 11) is 0. The third-order valence-corrected chi connectivity index (χ3v) is 4.92. The van der Waals surface area contributed by atoms with E-state index in [1.165, 1.54) is 11.1 Å². The van der Waals surface area contributed by atoms with Gasteiger partial charge in [-0.2, -0.15) is 0 Å². The molecule has 0 saturated heterocycles. The van der Waals surface area contributed by atoms with Crippen LogP contribution < -0.4 is 0 Å². The van der Waals surface area contributed by atoms with Gasteiger partial charge in [-0.1, -0.05) is 60.7 Å². The third kappa shape index (κ3) is 2.52. The number of aliphatic imine (C=N–C) groups is 1. The van der Waals surface area contributed by atoms with Crippen molar-refractivity contribution in [3.05, 3.63) is 71.8 Å². The average Bonchev–Trinajstić information content (AvgIpc) is 3.06. The van der Waals surface area contributed by atoms with Gasteiger partial charge >= 0.3 is 0 Å². The number of quaternary nitrogens is 1. The second kappa shape index (κ2) is 5.82. The van der Waals surface area contributed by atoms with Crippen LogP contribution >= 0.6 is 0 Å². The average molecular weight is 279 g/mol. The van der Waals surface area contributed by atoms with Gasteiger partial charge in [0.2, 0.25) is 0 Å². The quantitative estimate of drug-likeness (QED) is 0.737. The van der Waals surface area contributed by atoms with Gasteiger partial charge in [0.1, 0.15) is 18.6 Å². The Morgan fingerprint density at radius 2 is 1.29 bits per heavy atom. The first-order chi connectivity index (χ1) is 10.2. The van der Waals surface area contributed by atoms with Crippen LogP contribution in [0.25, 0.3) is 0 Å². The number of rotatable bonds is 4. The smallest absolute Gasteiger partial charge is 0.186 e. The van der Waals surface area contributed by atoms with Gasteiger partial charge in [0.25, 0.3) is 0 Å². The standard InChI is InChI=1S/C19H23N2/c1-16(18-9-5-3-6-10-18)21(14-13-20-15-21)17(2)19-11-7-4-8-12-19/h3-12,15-17H,13-14H2,1-2H3/q+1/t16-,17-/m1/s1. The van der Waals surface area contributed by atoms with Gasteiger partial charge in [0.05, 0.1) is 6.54 Å². The highest BCUT2D eigenvalue weighted by Crippen LogP contribution is 2.39. The third-order valence-electron chi connectivity index (χ3n) is 4.92. The van der Waals surface area contributed by atoms with Crippen molar-refractivity contribution in [2.24, 2.45) is 4.99 Å². The minimum absolute atomic E-state index is 0.410. The minimum Gasteiger partial charge on any atom is -0.268 e. The Kier molecular flexibility index (Phi) is 3.89. The molecule has 2 nitrogen and oxygen atoms in total. The summed E-state index contributed by atoms with van der Waals surface area (Å²) in [5.74, 6) is 0. The van der Waals surface area contributed by atoms with E-state index in [9.17, 15) is 0 Å². The zero-order chi connectivity index (χ0) is 14.7. The fraction of sp³-hybridized carbons (Fsp3) is 0.316. The van der Waals surface area contributed by atoms with Crippen LogP contribution in [0.5, 0.6) is 0 Å². The van der Waals surface area contributed by atoms with Gasteiger partial charge < -0.3 is 0 Å². The summed E-state index contributed by atoms with van der Waals surface area (Å²) in [6, 6.07) is 22.4. The summed E-state index contributed by atoms with van der Waals surface area (Å²) in [4.78, 5) is 4.58. The van der Waals surface area contributed by atoms with Crippen LogP contribution in [0.4, 0.5) is 0 Å². The second-order valence-corrected chi connectivity index (χ2v) is 5.91. The van der Waals surface area contributed by atoms with Crippen molar-refractivity contribution in [2.75, 3.05) is 13.1 Å². The molecule has 0 saturated carbocycles. The molecule has 1 heterocycles. The van der Waals surface area contributed by atoms with Crippen molar-refractivity contribution >= 4 is 6.34 Å². The molecule has 0 aliphatic carbocycles. The summed E-state index contributed by atoms with van der Waals surface area (Å²) < 4.78 is 0.911. The van der Waals surface area contributed by atoms with E-state index in [2.05, 4.69) is 85.8 Å². The first-order valence-corrected chi connectivity index (χ1v) is 7.72. The number of hydrogen-bond donors (Lipinski definition) is 0. The Hall–Kier alpha value is -1.93. The maximum absolute atomic E-state index is 4.58. The van der Waals surface area contributed by atoms with E-state index in [1.54, 1.807) is 0 Å². The van der Waals surface area contributed by atoms with E-state index in [-0.39, 0.29) is 0 Å². The molecule has 108 valence electrons. The molecule has 0 bridgehead atoms. The molecule has 0 unspecified atom stereocenters. The van der Waals surface area contributed by atoms with Crippen molar-refractivity contribution in [3.8, 4) is 0 Å². The number of hydrogen-bond acceptors (Lipinski definition) is 1. The topological polar surface area (TPSA) is 12.4 Å². The highest BCUT2D eigenvalue weighted by atomic mass is 15.4. The van der Waals surface area contributed by atoms with Gasteiger partial charge in [-0.15, -0.1) is 0 Å². The fourth-order valence-corrected chi connectivity index (χ4v) is 3.44. The van der Waals surface area contributed by atoms with E-state index in [1.807, 2.05) is 0 Å². The predicted octanol–water partition coefficient (Wildman–Crippen LogP) is 4.37. The molecule has 0 aromatic heterocycles. The molecule has 1 aliphatic heterocycles. The Morgan fingerprint density at radius 1 is 0.810 bits per heavy atom. The SMILES string of the molecule is C[C@H](c1ccccc1)[N+]1([C@H](C)c2ccccc2)C=NCC1. The van der Waals surface area contributed by atoms with E-state index >= 15 is 0 Å². The summed E-state index contributed by atoms with van der Waals surface area (Å²) in [5.41, 5.74) is 2.77. The first-order valence-electron chi connectivity index (χ1n) is 7.72. The Balaban J connectivity index is 1.99. The molecule has 1 aliphatic rings. The lowest BCUT2D eigenvalue weighted by atomic mass is 9.98. The van der Waals surface area contributed by atoms with Crippen molar-refractivity contribution in [1.82, 2.24) is 0 Å². The van der Waals surface area contributed by atoms with Crippen LogP contribution in [0.3, 0.4) is 0 Å². The molecule has 2 aromatic rings. The lowest BCUT2D eigenvalue weighted by molar-refractivity contribution is -0.888. The molecular formula is C19H23N2+. The van der Waals surface area contributed by atoms with Crippen molar-refractivity contribution in [1.29, 1.82) is 0 Å². The zero-order valence-electron chi connectivity index (χ0n) is 12.8. The molecule has 0 spiro atoms. The normalized spacial score (nSPS) is 19.3.